The first-order valence-electron chi connectivity index (χ1n) is 5.66. The molecule has 110 valence electrons. The third-order valence-electron chi connectivity index (χ3n) is 2.58. The minimum atomic E-state index is -4.17. The van der Waals surface area contributed by atoms with Crippen molar-refractivity contribution in [1.82, 2.24) is 0 Å². The van der Waals surface area contributed by atoms with Gasteiger partial charge in [0.1, 0.15) is 16.5 Å². The lowest BCUT2D eigenvalue weighted by atomic mass is 10.2. The molecule has 0 aliphatic rings. The highest BCUT2D eigenvalue weighted by Gasteiger charge is 2.15. The van der Waals surface area contributed by atoms with Crippen molar-refractivity contribution in [3.63, 3.8) is 0 Å². The largest absolute Gasteiger partial charge is 0.322 e. The molecule has 0 fully saturated rings. The molecule has 0 aliphatic heterocycles. The third-order valence-corrected chi connectivity index (χ3v) is 3.53. The first-order chi connectivity index (χ1) is 9.77. The zero-order valence-corrected chi connectivity index (χ0v) is 11.3. The number of rotatable bonds is 3. The molecule has 0 saturated heterocycles. The molecule has 8 heteroatoms. The smallest absolute Gasteiger partial charge is 0.255 e. The topological polar surface area (TPSA) is 89.3 Å². The number of primary sulfonamides is 1. The summed E-state index contributed by atoms with van der Waals surface area (Å²) in [6.45, 7) is 0. The highest BCUT2D eigenvalue weighted by atomic mass is 32.2. The van der Waals surface area contributed by atoms with E-state index < -0.39 is 32.5 Å². The number of sulfonamides is 1. The second-order valence-corrected chi connectivity index (χ2v) is 5.68. The maximum atomic E-state index is 13.6. The fourth-order valence-corrected chi connectivity index (χ4v) is 2.23. The van der Waals surface area contributed by atoms with E-state index in [1.807, 2.05) is 0 Å². The first-order valence-corrected chi connectivity index (χ1v) is 7.21. The first kappa shape index (κ1) is 15.1. The van der Waals surface area contributed by atoms with Gasteiger partial charge in [0.05, 0.1) is 0 Å². The SMILES string of the molecule is NS(=O)(=O)c1ccc(NC(=O)c2cccc(F)c2)cc1F. The summed E-state index contributed by atoms with van der Waals surface area (Å²) in [6, 6.07) is 7.87. The summed E-state index contributed by atoms with van der Waals surface area (Å²) in [7, 11) is -4.17. The summed E-state index contributed by atoms with van der Waals surface area (Å²) in [5, 5.41) is 7.14. The third kappa shape index (κ3) is 3.61. The van der Waals surface area contributed by atoms with E-state index in [1.54, 1.807) is 0 Å². The summed E-state index contributed by atoms with van der Waals surface area (Å²) >= 11 is 0. The Bertz CT molecular complexity index is 807. The Hall–Kier alpha value is -2.32. The summed E-state index contributed by atoms with van der Waals surface area (Å²) in [4.78, 5) is 11.1. The lowest BCUT2D eigenvalue weighted by Gasteiger charge is -2.07. The molecule has 5 nitrogen and oxygen atoms in total. The van der Waals surface area contributed by atoms with Gasteiger partial charge in [-0.05, 0) is 36.4 Å². The van der Waals surface area contributed by atoms with E-state index in [1.165, 1.54) is 24.3 Å². The van der Waals surface area contributed by atoms with Crippen LogP contribution in [0, 0.1) is 11.6 Å². The zero-order chi connectivity index (χ0) is 15.6. The molecular weight excluding hydrogens is 302 g/mol. The summed E-state index contributed by atoms with van der Waals surface area (Å²) in [5.41, 5.74) is 0.0695. The lowest BCUT2D eigenvalue weighted by Crippen LogP contribution is -2.15. The van der Waals surface area contributed by atoms with Crippen LogP contribution in [-0.2, 0) is 10.0 Å². The standard InChI is InChI=1S/C13H10F2N2O3S/c14-9-3-1-2-8(6-9)13(18)17-10-4-5-12(11(15)7-10)21(16,19)20/h1-7H,(H,17,18)(H2,16,19,20). The van der Waals surface area contributed by atoms with Gasteiger partial charge in [0.15, 0.2) is 0 Å². The Morgan fingerprint density at radius 3 is 2.38 bits per heavy atom. The second-order valence-electron chi connectivity index (χ2n) is 4.15. The number of nitrogens with one attached hydrogen (secondary N) is 1. The quantitative estimate of drug-likeness (QED) is 0.906. The minimum absolute atomic E-state index is 0.0224. The van der Waals surface area contributed by atoms with Gasteiger partial charge in [0.25, 0.3) is 5.91 Å². The van der Waals surface area contributed by atoms with Crippen LogP contribution in [0.15, 0.2) is 47.4 Å². The zero-order valence-electron chi connectivity index (χ0n) is 10.5. The number of halogens is 2. The predicted octanol–water partition coefficient (Wildman–Crippen LogP) is 1.86. The molecule has 0 aliphatic carbocycles. The number of carbonyl (C=O) groups is 1. The molecule has 3 N–H and O–H groups in total. The van der Waals surface area contributed by atoms with E-state index in [0.29, 0.717) is 0 Å². The average molecular weight is 312 g/mol. The normalized spacial score (nSPS) is 11.2. The maximum absolute atomic E-state index is 13.6. The number of benzene rings is 2. The van der Waals surface area contributed by atoms with Crippen molar-refractivity contribution in [3.05, 3.63) is 59.7 Å². The van der Waals surface area contributed by atoms with E-state index >= 15 is 0 Å². The molecule has 0 spiro atoms. The molecule has 1 amide bonds. The molecule has 0 saturated carbocycles. The molecule has 0 aromatic heterocycles. The van der Waals surface area contributed by atoms with E-state index in [9.17, 15) is 22.0 Å². The monoisotopic (exact) mass is 312 g/mol. The fraction of sp³-hybridized carbons (Fsp3) is 0. The van der Waals surface area contributed by atoms with Crippen LogP contribution >= 0.6 is 0 Å². The Morgan fingerprint density at radius 2 is 1.81 bits per heavy atom. The lowest BCUT2D eigenvalue weighted by molar-refractivity contribution is 0.102. The molecule has 21 heavy (non-hydrogen) atoms. The molecule has 2 rings (SSSR count). The molecule has 2 aromatic rings. The molecule has 0 bridgehead atoms. The number of hydrogen-bond acceptors (Lipinski definition) is 3. The van der Waals surface area contributed by atoms with Crippen molar-refractivity contribution in [2.24, 2.45) is 5.14 Å². The number of carbonyl (C=O) groups excluding carboxylic acids is 1. The molecular formula is C13H10F2N2O3S. The van der Waals surface area contributed by atoms with E-state index in [0.717, 1.165) is 18.2 Å². The van der Waals surface area contributed by atoms with Crippen LogP contribution in [0.5, 0.6) is 0 Å². The molecule has 0 unspecified atom stereocenters. The van der Waals surface area contributed by atoms with Gasteiger partial charge in [-0.25, -0.2) is 22.3 Å². The number of hydrogen-bond donors (Lipinski definition) is 2. The van der Waals surface area contributed by atoms with Gasteiger partial charge < -0.3 is 5.32 Å². The van der Waals surface area contributed by atoms with Crippen LogP contribution in [0.3, 0.4) is 0 Å². The van der Waals surface area contributed by atoms with Gasteiger partial charge in [0, 0.05) is 11.3 Å². The number of amides is 1. The molecule has 2 aromatic carbocycles. The van der Waals surface area contributed by atoms with Gasteiger partial charge in [-0.2, -0.15) is 0 Å². The second kappa shape index (κ2) is 5.58. The minimum Gasteiger partial charge on any atom is -0.322 e. The van der Waals surface area contributed by atoms with Crippen molar-refractivity contribution in [2.75, 3.05) is 5.32 Å². The van der Waals surface area contributed by atoms with Crippen LogP contribution in [0.2, 0.25) is 0 Å². The van der Waals surface area contributed by atoms with Crippen LogP contribution in [0.1, 0.15) is 10.4 Å². The van der Waals surface area contributed by atoms with Crippen LogP contribution < -0.4 is 10.5 Å². The summed E-state index contributed by atoms with van der Waals surface area (Å²) < 4.78 is 48.7. The van der Waals surface area contributed by atoms with E-state index in [-0.39, 0.29) is 11.3 Å². The Balaban J connectivity index is 2.25. The highest BCUT2D eigenvalue weighted by Crippen LogP contribution is 2.18. The van der Waals surface area contributed by atoms with E-state index in [2.05, 4.69) is 5.32 Å². The Labute approximate surface area is 119 Å². The van der Waals surface area contributed by atoms with Gasteiger partial charge >= 0.3 is 0 Å². The van der Waals surface area contributed by atoms with E-state index in [4.69, 9.17) is 5.14 Å². The maximum Gasteiger partial charge on any atom is 0.255 e. The predicted molar refractivity (Wildman–Crippen MR) is 72.1 cm³/mol. The molecule has 0 radical (unpaired) electrons. The fourth-order valence-electron chi connectivity index (χ4n) is 1.64. The van der Waals surface area contributed by atoms with Gasteiger partial charge in [-0.3, -0.25) is 4.79 Å². The van der Waals surface area contributed by atoms with Crippen molar-refractivity contribution in [2.45, 2.75) is 4.90 Å². The summed E-state index contributed by atoms with van der Waals surface area (Å²) in [6.07, 6.45) is 0. The number of anilines is 1. The van der Waals surface area contributed by atoms with Crippen molar-refractivity contribution in [1.29, 1.82) is 0 Å². The molecule has 0 atom stereocenters. The average Bonchev–Trinajstić information content (AvgIpc) is 2.37. The highest BCUT2D eigenvalue weighted by molar-refractivity contribution is 7.89. The Kier molecular flexibility index (Phi) is 4.01. The van der Waals surface area contributed by atoms with Crippen LogP contribution in [0.4, 0.5) is 14.5 Å². The van der Waals surface area contributed by atoms with Gasteiger partial charge in [-0.1, -0.05) is 6.07 Å². The molecule has 0 heterocycles. The Morgan fingerprint density at radius 1 is 1.10 bits per heavy atom. The van der Waals surface area contributed by atoms with Crippen molar-refractivity contribution >= 4 is 21.6 Å². The van der Waals surface area contributed by atoms with Crippen LogP contribution in [0.25, 0.3) is 0 Å². The number of nitrogens with two attached hydrogens (primary N) is 1. The van der Waals surface area contributed by atoms with Crippen molar-refractivity contribution in [3.8, 4) is 0 Å². The van der Waals surface area contributed by atoms with Gasteiger partial charge in [0.2, 0.25) is 10.0 Å². The van der Waals surface area contributed by atoms with Crippen LogP contribution in [-0.4, -0.2) is 14.3 Å². The van der Waals surface area contributed by atoms with Crippen molar-refractivity contribution < 1.29 is 22.0 Å². The van der Waals surface area contributed by atoms with Gasteiger partial charge in [-0.15, -0.1) is 0 Å². The summed E-state index contributed by atoms with van der Waals surface area (Å²) in [5.74, 6) is -2.33.